The quantitative estimate of drug-likeness (QED) is 0.708. The van der Waals surface area contributed by atoms with Crippen LogP contribution in [-0.4, -0.2) is 25.8 Å². The number of nitrogens with one attached hydrogen (secondary N) is 1. The van der Waals surface area contributed by atoms with Crippen LogP contribution in [0.5, 0.6) is 0 Å². The Morgan fingerprint density at radius 1 is 1.21 bits per heavy atom. The smallest absolute Gasteiger partial charge is 0.416 e. The Kier molecular flexibility index (Phi) is 4.29. The van der Waals surface area contributed by atoms with Crippen LogP contribution < -0.4 is 5.56 Å². The fourth-order valence-electron chi connectivity index (χ4n) is 3.23. The maximum Gasteiger partial charge on any atom is 0.416 e. The molecule has 0 atom stereocenters. The number of benzene rings is 1. The minimum atomic E-state index is -4.50. The van der Waals surface area contributed by atoms with Gasteiger partial charge < -0.3 is 14.3 Å². The van der Waals surface area contributed by atoms with Crippen LogP contribution in [0.15, 0.2) is 33.5 Å². The highest BCUT2D eigenvalue weighted by atomic mass is 19.4. The molecule has 1 aromatic carbocycles. The van der Waals surface area contributed by atoms with Gasteiger partial charge in [-0.2, -0.15) is 13.2 Å². The first-order valence-corrected chi connectivity index (χ1v) is 8.66. The second-order valence-corrected chi connectivity index (χ2v) is 6.74. The Morgan fingerprint density at radius 2 is 1.97 bits per heavy atom. The molecule has 0 spiro atoms. The van der Waals surface area contributed by atoms with Crippen molar-refractivity contribution in [1.82, 2.24) is 19.9 Å². The Bertz CT molecular complexity index is 1180. The predicted octanol–water partition coefficient (Wildman–Crippen LogP) is 3.22. The Morgan fingerprint density at radius 3 is 2.69 bits per heavy atom. The van der Waals surface area contributed by atoms with Crippen molar-refractivity contribution in [2.75, 3.05) is 0 Å². The lowest BCUT2D eigenvalue weighted by Crippen LogP contribution is -2.27. The monoisotopic (exact) mass is 404 g/mol. The summed E-state index contributed by atoms with van der Waals surface area (Å²) in [5.41, 5.74) is -0.125. The van der Waals surface area contributed by atoms with E-state index < -0.39 is 17.6 Å². The highest BCUT2D eigenvalue weighted by molar-refractivity contribution is 5.94. The lowest BCUT2D eigenvalue weighted by molar-refractivity contribution is -0.137. The van der Waals surface area contributed by atoms with E-state index in [0.29, 0.717) is 17.1 Å². The number of amides is 1. The third-order valence-corrected chi connectivity index (χ3v) is 4.63. The fourth-order valence-corrected chi connectivity index (χ4v) is 3.23. The molecule has 1 aliphatic rings. The van der Waals surface area contributed by atoms with Gasteiger partial charge in [-0.1, -0.05) is 6.07 Å². The number of hydrogen-bond donors (Lipinski definition) is 1. The van der Waals surface area contributed by atoms with Crippen LogP contribution in [0.3, 0.4) is 0 Å². The van der Waals surface area contributed by atoms with Crippen LogP contribution in [0.1, 0.15) is 38.9 Å². The zero-order chi connectivity index (χ0) is 20.9. The van der Waals surface area contributed by atoms with Gasteiger partial charge in [0.1, 0.15) is 11.6 Å². The first kappa shape index (κ1) is 18.9. The average Bonchev–Trinajstić information content (AvgIpc) is 3.24. The largest absolute Gasteiger partial charge is 0.441 e. The topological polar surface area (TPSA) is 92.1 Å². The number of carbonyl (C=O) groups is 1. The number of halogens is 3. The molecule has 0 aliphatic carbocycles. The van der Waals surface area contributed by atoms with Crippen molar-refractivity contribution in [3.63, 3.8) is 0 Å². The van der Waals surface area contributed by atoms with E-state index in [0.717, 1.165) is 12.1 Å². The molecule has 0 saturated heterocycles. The molecule has 2 aromatic heterocycles. The number of H-pyrrole nitrogens is 1. The van der Waals surface area contributed by atoms with Crippen molar-refractivity contribution in [3.05, 3.63) is 68.7 Å². The van der Waals surface area contributed by atoms with Gasteiger partial charge in [-0.15, -0.1) is 0 Å². The Labute approximate surface area is 162 Å². The van der Waals surface area contributed by atoms with Crippen LogP contribution >= 0.6 is 0 Å². The normalized spacial score (nSPS) is 13.6. The van der Waals surface area contributed by atoms with Crippen LogP contribution in [0.4, 0.5) is 13.2 Å². The molecular formula is C19H15F3N4O3. The van der Waals surface area contributed by atoms with Crippen molar-refractivity contribution in [2.24, 2.45) is 0 Å². The zero-order valence-electron chi connectivity index (χ0n) is 15.4. The first-order valence-electron chi connectivity index (χ1n) is 8.66. The van der Waals surface area contributed by atoms with E-state index in [2.05, 4.69) is 15.0 Å². The number of fused-ring (bicyclic) bond motifs is 1. The molecule has 1 amide bonds. The number of carbonyl (C=O) groups excluding carboxylic acids is 1. The summed E-state index contributed by atoms with van der Waals surface area (Å²) < 4.78 is 44.3. The Hall–Kier alpha value is -3.43. The molecule has 3 aromatic rings. The third kappa shape index (κ3) is 3.41. The van der Waals surface area contributed by atoms with Crippen molar-refractivity contribution < 1.29 is 22.4 Å². The number of aryl methyl sites for hydroxylation is 2. The molecule has 0 radical (unpaired) electrons. The van der Waals surface area contributed by atoms with Gasteiger partial charge in [0.15, 0.2) is 5.69 Å². The van der Waals surface area contributed by atoms with Crippen molar-refractivity contribution >= 4 is 5.91 Å². The summed E-state index contributed by atoms with van der Waals surface area (Å²) in [7, 11) is 0. The SMILES string of the molecule is Cc1nc2c(c(=O)[nH]1)CN(C(=O)c1nc(-c3cccc(C(F)(F)F)c3)oc1C)C2. The van der Waals surface area contributed by atoms with Crippen molar-refractivity contribution in [1.29, 1.82) is 0 Å². The van der Waals surface area contributed by atoms with Gasteiger partial charge in [-0.25, -0.2) is 9.97 Å². The number of oxazole rings is 1. The maximum atomic E-state index is 12.9. The minimum absolute atomic E-state index is 0.0154. The molecule has 0 bridgehead atoms. The standard InChI is InChI=1S/C19H15F3N4O3/c1-9-15(18(28)26-7-13-14(8-26)23-10(2)24-16(13)27)25-17(29-9)11-4-3-5-12(6-11)19(20,21)22/h3-6H,7-8H2,1-2H3,(H,23,24,27). The van der Waals surface area contributed by atoms with Crippen molar-refractivity contribution in [2.45, 2.75) is 33.1 Å². The summed E-state index contributed by atoms with van der Waals surface area (Å²) in [6.07, 6.45) is -4.50. The van der Waals surface area contributed by atoms with Crippen LogP contribution in [0, 0.1) is 13.8 Å². The minimum Gasteiger partial charge on any atom is -0.441 e. The molecule has 150 valence electrons. The molecule has 1 N–H and O–H groups in total. The van der Waals surface area contributed by atoms with E-state index >= 15 is 0 Å². The molecular weight excluding hydrogens is 389 g/mol. The lowest BCUT2D eigenvalue weighted by atomic mass is 10.1. The second kappa shape index (κ2) is 6.57. The summed E-state index contributed by atoms with van der Waals surface area (Å²) in [4.78, 5) is 37.3. The molecule has 10 heteroatoms. The highest BCUT2D eigenvalue weighted by Gasteiger charge is 2.33. The lowest BCUT2D eigenvalue weighted by Gasteiger charge is -2.13. The summed E-state index contributed by atoms with van der Waals surface area (Å²) in [6.45, 7) is 3.37. The number of aromatic amines is 1. The molecule has 0 fully saturated rings. The third-order valence-electron chi connectivity index (χ3n) is 4.63. The molecule has 7 nitrogen and oxygen atoms in total. The van der Waals surface area contributed by atoms with Gasteiger partial charge in [0.2, 0.25) is 5.89 Å². The molecule has 3 heterocycles. The Balaban J connectivity index is 1.63. The number of hydrogen-bond acceptors (Lipinski definition) is 5. The van der Waals surface area contributed by atoms with E-state index in [1.807, 2.05) is 0 Å². The number of aromatic nitrogens is 3. The second-order valence-electron chi connectivity index (χ2n) is 6.74. The number of nitrogens with zero attached hydrogens (tertiary/aromatic N) is 3. The average molecular weight is 404 g/mol. The van der Waals surface area contributed by atoms with Crippen LogP contribution in [0.25, 0.3) is 11.5 Å². The zero-order valence-corrected chi connectivity index (χ0v) is 15.4. The van der Waals surface area contributed by atoms with Gasteiger partial charge in [0, 0.05) is 5.56 Å². The fraction of sp³-hybridized carbons (Fsp3) is 0.263. The van der Waals surface area contributed by atoms with Gasteiger partial charge in [-0.05, 0) is 32.0 Å². The highest BCUT2D eigenvalue weighted by Crippen LogP contribution is 2.32. The summed E-state index contributed by atoms with van der Waals surface area (Å²) in [5.74, 6) is 0.0592. The number of alkyl halides is 3. The van der Waals surface area contributed by atoms with E-state index in [9.17, 15) is 22.8 Å². The van der Waals surface area contributed by atoms with Crippen LogP contribution in [-0.2, 0) is 19.3 Å². The van der Waals surface area contributed by atoms with Gasteiger partial charge >= 0.3 is 6.18 Å². The molecule has 1 aliphatic heterocycles. The maximum absolute atomic E-state index is 12.9. The van der Waals surface area contributed by atoms with E-state index in [4.69, 9.17) is 4.42 Å². The summed E-state index contributed by atoms with van der Waals surface area (Å²) in [6, 6.07) is 4.53. The van der Waals surface area contributed by atoms with Gasteiger partial charge in [0.05, 0.1) is 29.9 Å². The molecule has 4 rings (SSSR count). The van der Waals surface area contributed by atoms with E-state index in [-0.39, 0.29) is 41.6 Å². The van der Waals surface area contributed by atoms with Gasteiger partial charge in [-0.3, -0.25) is 9.59 Å². The van der Waals surface area contributed by atoms with Crippen LogP contribution in [0.2, 0.25) is 0 Å². The molecule has 0 saturated carbocycles. The number of rotatable bonds is 2. The van der Waals surface area contributed by atoms with E-state index in [1.54, 1.807) is 6.92 Å². The predicted molar refractivity (Wildman–Crippen MR) is 94.9 cm³/mol. The molecule has 29 heavy (non-hydrogen) atoms. The van der Waals surface area contributed by atoms with Gasteiger partial charge in [0.25, 0.3) is 11.5 Å². The van der Waals surface area contributed by atoms with E-state index in [1.165, 1.54) is 24.0 Å². The summed E-state index contributed by atoms with van der Waals surface area (Å²) in [5, 5.41) is 0. The molecule has 0 unspecified atom stereocenters. The first-order chi connectivity index (χ1) is 13.6. The summed E-state index contributed by atoms with van der Waals surface area (Å²) >= 11 is 0. The van der Waals surface area contributed by atoms with Crippen molar-refractivity contribution in [3.8, 4) is 11.5 Å².